The molecule has 0 atom stereocenters. The number of hydrogen-bond donors (Lipinski definition) is 0. The molecule has 0 aromatic carbocycles. The van der Waals surface area contributed by atoms with Gasteiger partial charge in [0.15, 0.2) is 0 Å². The quantitative estimate of drug-likeness (QED) is 0.838. The highest BCUT2D eigenvalue weighted by molar-refractivity contribution is 9.10. The Hall–Kier alpha value is -1.63. The van der Waals surface area contributed by atoms with Crippen LogP contribution in [0.1, 0.15) is 30.0 Å². The summed E-state index contributed by atoms with van der Waals surface area (Å²) in [5.74, 6) is -0.0673. The third-order valence-electron chi connectivity index (χ3n) is 3.06. The second-order valence-corrected chi connectivity index (χ2v) is 5.34. The molecule has 0 aliphatic carbocycles. The van der Waals surface area contributed by atoms with Gasteiger partial charge in [0.05, 0.1) is 22.9 Å². The van der Waals surface area contributed by atoms with Crippen molar-refractivity contribution in [3.63, 3.8) is 0 Å². The highest BCUT2D eigenvalue weighted by Gasteiger charge is 2.20. The third kappa shape index (κ3) is 2.92. The molecule has 0 fully saturated rings. The van der Waals surface area contributed by atoms with E-state index in [4.69, 9.17) is 0 Å². The van der Waals surface area contributed by atoms with Crippen molar-refractivity contribution < 1.29 is 4.79 Å². The minimum Gasteiger partial charge on any atom is -0.334 e. The van der Waals surface area contributed by atoms with E-state index < -0.39 is 0 Å². The molecule has 0 aliphatic heterocycles. The van der Waals surface area contributed by atoms with Gasteiger partial charge in [0.25, 0.3) is 5.91 Å². The summed E-state index contributed by atoms with van der Waals surface area (Å²) in [5, 5.41) is 8.55. The zero-order chi connectivity index (χ0) is 14.7. The highest BCUT2D eigenvalue weighted by Crippen LogP contribution is 2.18. The van der Waals surface area contributed by atoms with Crippen LogP contribution in [0.4, 0.5) is 0 Å². The summed E-state index contributed by atoms with van der Waals surface area (Å²) in [6, 6.07) is 1.93. The smallest absolute Gasteiger partial charge is 0.273 e. The largest absolute Gasteiger partial charge is 0.334 e. The molecule has 2 aromatic rings. The lowest BCUT2D eigenvalue weighted by Crippen LogP contribution is -2.29. The maximum absolute atomic E-state index is 12.5. The number of rotatable bonds is 5. The van der Waals surface area contributed by atoms with E-state index in [1.54, 1.807) is 22.8 Å². The molecule has 2 rings (SSSR count). The number of carbonyl (C=O) groups excluding carboxylic acids is 1. The van der Waals surface area contributed by atoms with Gasteiger partial charge in [-0.2, -0.15) is 10.2 Å². The van der Waals surface area contributed by atoms with Gasteiger partial charge in [-0.15, -0.1) is 0 Å². The fourth-order valence-corrected chi connectivity index (χ4v) is 2.44. The zero-order valence-corrected chi connectivity index (χ0v) is 13.5. The lowest BCUT2D eigenvalue weighted by atomic mass is 10.3. The van der Waals surface area contributed by atoms with E-state index in [1.807, 2.05) is 30.8 Å². The Morgan fingerprint density at radius 2 is 2.15 bits per heavy atom. The molecule has 1 amide bonds. The minimum absolute atomic E-state index is 0.0673. The van der Waals surface area contributed by atoms with Gasteiger partial charge in [0.1, 0.15) is 5.69 Å². The van der Waals surface area contributed by atoms with E-state index in [2.05, 4.69) is 26.1 Å². The van der Waals surface area contributed by atoms with E-state index in [1.165, 1.54) is 0 Å². The summed E-state index contributed by atoms with van der Waals surface area (Å²) >= 11 is 3.38. The van der Waals surface area contributed by atoms with Gasteiger partial charge in [0.2, 0.25) is 0 Å². The van der Waals surface area contributed by atoms with Gasteiger partial charge in [-0.25, -0.2) is 0 Å². The predicted octanol–water partition coefficient (Wildman–Crippen LogP) is 2.15. The molecule has 0 bridgehead atoms. The van der Waals surface area contributed by atoms with Crippen molar-refractivity contribution >= 4 is 21.8 Å². The Morgan fingerprint density at radius 1 is 1.40 bits per heavy atom. The lowest BCUT2D eigenvalue weighted by molar-refractivity contribution is 0.0770. The van der Waals surface area contributed by atoms with E-state index in [-0.39, 0.29) is 5.91 Å². The van der Waals surface area contributed by atoms with E-state index in [0.29, 0.717) is 18.8 Å². The second-order valence-electron chi connectivity index (χ2n) is 4.48. The minimum atomic E-state index is -0.0673. The molecule has 20 heavy (non-hydrogen) atoms. The third-order valence-corrected chi connectivity index (χ3v) is 3.64. The van der Waals surface area contributed by atoms with Gasteiger partial charge in [-0.05, 0) is 35.8 Å². The van der Waals surface area contributed by atoms with Crippen molar-refractivity contribution in [1.82, 2.24) is 24.5 Å². The first kappa shape index (κ1) is 14.8. The summed E-state index contributed by atoms with van der Waals surface area (Å²) in [4.78, 5) is 14.1. The van der Waals surface area contributed by atoms with Crippen LogP contribution in [0.25, 0.3) is 0 Å². The number of aryl methyl sites for hydroxylation is 2. The van der Waals surface area contributed by atoms with Crippen LogP contribution in [0.15, 0.2) is 22.9 Å². The number of nitrogens with zero attached hydrogens (tertiary/aromatic N) is 5. The molecule has 0 spiro atoms. The summed E-state index contributed by atoms with van der Waals surface area (Å²) in [5.41, 5.74) is 1.45. The van der Waals surface area contributed by atoms with Gasteiger partial charge in [-0.3, -0.25) is 14.2 Å². The maximum atomic E-state index is 12.5. The van der Waals surface area contributed by atoms with Crippen LogP contribution in [-0.2, 0) is 19.6 Å². The monoisotopic (exact) mass is 339 g/mol. The van der Waals surface area contributed by atoms with Crippen molar-refractivity contribution in [2.24, 2.45) is 0 Å². The second kappa shape index (κ2) is 6.21. The molecule has 2 aromatic heterocycles. The molecule has 0 radical (unpaired) electrons. The Bertz CT molecular complexity index is 604. The standard InChI is InChI=1S/C13H18BrN5O/c1-4-18-7-6-10(16-18)9-17(3)13(20)12-11(14)8-15-19(12)5-2/h6-8H,4-5,9H2,1-3H3. The van der Waals surface area contributed by atoms with Gasteiger partial charge in [-0.1, -0.05) is 0 Å². The molecule has 0 N–H and O–H groups in total. The molecule has 6 nitrogen and oxygen atoms in total. The average molecular weight is 340 g/mol. The van der Waals surface area contributed by atoms with Crippen molar-refractivity contribution in [1.29, 1.82) is 0 Å². The van der Waals surface area contributed by atoms with Crippen LogP contribution in [-0.4, -0.2) is 37.4 Å². The summed E-state index contributed by atoms with van der Waals surface area (Å²) in [7, 11) is 1.77. The first-order valence-electron chi connectivity index (χ1n) is 6.55. The highest BCUT2D eigenvalue weighted by atomic mass is 79.9. The molecule has 0 unspecified atom stereocenters. The summed E-state index contributed by atoms with van der Waals surface area (Å²) in [6.07, 6.45) is 3.57. The maximum Gasteiger partial charge on any atom is 0.273 e. The predicted molar refractivity (Wildman–Crippen MR) is 79.3 cm³/mol. The van der Waals surface area contributed by atoms with Crippen LogP contribution >= 0.6 is 15.9 Å². The number of halogens is 1. The molecule has 0 aliphatic rings. The Morgan fingerprint density at radius 3 is 2.75 bits per heavy atom. The lowest BCUT2D eigenvalue weighted by Gasteiger charge is -2.16. The normalized spacial score (nSPS) is 10.8. The molecular formula is C13H18BrN5O. The van der Waals surface area contributed by atoms with Gasteiger partial charge >= 0.3 is 0 Å². The Balaban J connectivity index is 2.14. The van der Waals surface area contributed by atoms with Crippen LogP contribution < -0.4 is 0 Å². The first-order chi connectivity index (χ1) is 9.56. The van der Waals surface area contributed by atoms with E-state index in [9.17, 15) is 4.79 Å². The van der Waals surface area contributed by atoms with Crippen LogP contribution in [0.2, 0.25) is 0 Å². The first-order valence-corrected chi connectivity index (χ1v) is 7.35. The number of amides is 1. The number of hydrogen-bond acceptors (Lipinski definition) is 3. The number of carbonyl (C=O) groups is 1. The van der Waals surface area contributed by atoms with Crippen LogP contribution in [0, 0.1) is 0 Å². The van der Waals surface area contributed by atoms with Crippen molar-refractivity contribution in [2.45, 2.75) is 33.5 Å². The fourth-order valence-electron chi connectivity index (χ4n) is 1.97. The zero-order valence-electron chi connectivity index (χ0n) is 11.9. The van der Waals surface area contributed by atoms with E-state index in [0.717, 1.165) is 16.7 Å². The average Bonchev–Trinajstić information content (AvgIpc) is 3.04. The Labute approximate surface area is 126 Å². The summed E-state index contributed by atoms with van der Waals surface area (Å²) < 4.78 is 4.25. The van der Waals surface area contributed by atoms with Crippen molar-refractivity contribution in [3.8, 4) is 0 Å². The molecule has 2 heterocycles. The summed E-state index contributed by atoms with van der Waals surface area (Å²) in [6.45, 7) is 5.95. The molecule has 108 valence electrons. The molecule has 0 saturated carbocycles. The van der Waals surface area contributed by atoms with Gasteiger partial charge in [0, 0.05) is 26.3 Å². The van der Waals surface area contributed by atoms with Crippen LogP contribution in [0.3, 0.4) is 0 Å². The SMILES string of the molecule is CCn1ccc(CN(C)C(=O)c2c(Br)cnn2CC)n1. The fraction of sp³-hybridized carbons (Fsp3) is 0.462. The van der Waals surface area contributed by atoms with Crippen molar-refractivity contribution in [2.75, 3.05) is 7.05 Å². The topological polar surface area (TPSA) is 56.0 Å². The Kier molecular flexibility index (Phi) is 4.59. The van der Waals surface area contributed by atoms with Crippen molar-refractivity contribution in [3.05, 3.63) is 34.3 Å². The molecule has 7 heteroatoms. The van der Waals surface area contributed by atoms with Gasteiger partial charge < -0.3 is 4.90 Å². The molecular weight excluding hydrogens is 322 g/mol. The number of aromatic nitrogens is 4. The molecule has 0 saturated heterocycles. The van der Waals surface area contributed by atoms with Crippen LogP contribution in [0.5, 0.6) is 0 Å². The van der Waals surface area contributed by atoms with E-state index >= 15 is 0 Å².